The molecule has 0 heterocycles. The smallest absolute Gasteiger partial charge is 0.323 e. The molecule has 2 amide bonds. The molecule has 0 radical (unpaired) electrons. The van der Waals surface area contributed by atoms with Crippen molar-refractivity contribution in [1.82, 2.24) is 10.2 Å². The SMILES string of the molecule is CC(C)C1(CNC(=O)N(CC(=O)O)C2CC2)CC1. The second kappa shape index (κ2) is 4.78. The average Bonchev–Trinajstić information content (AvgIpc) is 3.15. The Hall–Kier alpha value is -1.26. The Labute approximate surface area is 108 Å². The van der Waals surface area contributed by atoms with Gasteiger partial charge >= 0.3 is 12.0 Å². The Balaban J connectivity index is 1.84. The highest BCUT2D eigenvalue weighted by Crippen LogP contribution is 2.51. The Morgan fingerprint density at radius 1 is 1.39 bits per heavy atom. The summed E-state index contributed by atoms with van der Waals surface area (Å²) in [4.78, 5) is 24.2. The maximum Gasteiger partial charge on any atom is 0.323 e. The number of nitrogens with one attached hydrogen (secondary N) is 1. The van der Waals surface area contributed by atoms with Crippen LogP contribution in [0.4, 0.5) is 4.79 Å². The molecule has 0 atom stereocenters. The summed E-state index contributed by atoms with van der Waals surface area (Å²) in [7, 11) is 0. The molecule has 0 unspecified atom stereocenters. The van der Waals surface area contributed by atoms with E-state index in [0.717, 1.165) is 25.7 Å². The van der Waals surface area contributed by atoms with E-state index in [1.807, 2.05) is 0 Å². The van der Waals surface area contributed by atoms with Gasteiger partial charge in [0.15, 0.2) is 0 Å². The van der Waals surface area contributed by atoms with Crippen molar-refractivity contribution in [3.63, 3.8) is 0 Å². The summed E-state index contributed by atoms with van der Waals surface area (Å²) in [5, 5.41) is 11.7. The lowest BCUT2D eigenvalue weighted by molar-refractivity contribution is -0.137. The Morgan fingerprint density at radius 3 is 2.39 bits per heavy atom. The fourth-order valence-electron chi connectivity index (χ4n) is 2.37. The lowest BCUT2D eigenvalue weighted by Gasteiger charge is -2.24. The lowest BCUT2D eigenvalue weighted by atomic mass is 9.92. The van der Waals surface area contributed by atoms with E-state index < -0.39 is 5.97 Å². The van der Waals surface area contributed by atoms with Crippen molar-refractivity contribution in [2.45, 2.75) is 45.6 Å². The summed E-state index contributed by atoms with van der Waals surface area (Å²) in [6.07, 6.45) is 4.17. The first-order chi connectivity index (χ1) is 8.44. The fraction of sp³-hybridized carbons (Fsp3) is 0.846. The molecular formula is C13H22N2O3. The fourth-order valence-corrected chi connectivity index (χ4v) is 2.37. The lowest BCUT2D eigenvalue weighted by Crippen LogP contribution is -2.46. The molecule has 0 saturated heterocycles. The number of nitrogens with zero attached hydrogens (tertiary/aromatic N) is 1. The number of aliphatic carboxylic acids is 1. The summed E-state index contributed by atoms with van der Waals surface area (Å²) in [5.41, 5.74) is 0.258. The molecule has 102 valence electrons. The van der Waals surface area contributed by atoms with Gasteiger partial charge in [-0.05, 0) is 37.0 Å². The number of urea groups is 1. The van der Waals surface area contributed by atoms with Crippen LogP contribution in [0, 0.1) is 11.3 Å². The van der Waals surface area contributed by atoms with Crippen LogP contribution in [-0.2, 0) is 4.79 Å². The van der Waals surface area contributed by atoms with Gasteiger partial charge in [-0.25, -0.2) is 4.79 Å². The van der Waals surface area contributed by atoms with Gasteiger partial charge in [0, 0.05) is 12.6 Å². The molecule has 18 heavy (non-hydrogen) atoms. The van der Waals surface area contributed by atoms with Crippen LogP contribution in [0.5, 0.6) is 0 Å². The molecule has 2 N–H and O–H groups in total. The molecule has 5 heteroatoms. The summed E-state index contributed by atoms with van der Waals surface area (Å²) in [6, 6.07) is -0.0814. The van der Waals surface area contributed by atoms with E-state index >= 15 is 0 Å². The molecule has 0 aromatic carbocycles. The van der Waals surface area contributed by atoms with Crippen LogP contribution in [0.25, 0.3) is 0 Å². The van der Waals surface area contributed by atoms with Gasteiger partial charge in [-0.3, -0.25) is 4.79 Å². The first kappa shape index (κ1) is 13.2. The molecule has 0 aliphatic heterocycles. The summed E-state index contributed by atoms with van der Waals surface area (Å²) >= 11 is 0. The Kier molecular flexibility index (Phi) is 3.50. The van der Waals surface area contributed by atoms with Gasteiger partial charge in [-0.15, -0.1) is 0 Å². The first-order valence-electron chi connectivity index (χ1n) is 6.71. The monoisotopic (exact) mass is 254 g/mol. The molecule has 2 rings (SSSR count). The van der Waals surface area contributed by atoms with Crippen LogP contribution in [0.1, 0.15) is 39.5 Å². The van der Waals surface area contributed by atoms with Crippen molar-refractivity contribution in [2.24, 2.45) is 11.3 Å². The molecule has 2 saturated carbocycles. The van der Waals surface area contributed by atoms with Crippen LogP contribution >= 0.6 is 0 Å². The third-order valence-corrected chi connectivity index (χ3v) is 4.26. The van der Waals surface area contributed by atoms with Gasteiger partial charge in [0.1, 0.15) is 6.54 Å². The second-order valence-corrected chi connectivity index (χ2v) is 5.93. The summed E-state index contributed by atoms with van der Waals surface area (Å²) in [5.74, 6) is -0.381. The number of amides is 2. The van der Waals surface area contributed by atoms with E-state index in [-0.39, 0.29) is 24.0 Å². The molecule has 2 aliphatic carbocycles. The topological polar surface area (TPSA) is 69.6 Å². The van der Waals surface area contributed by atoms with E-state index in [9.17, 15) is 9.59 Å². The van der Waals surface area contributed by atoms with Crippen molar-refractivity contribution in [3.05, 3.63) is 0 Å². The van der Waals surface area contributed by atoms with Crippen molar-refractivity contribution < 1.29 is 14.7 Å². The number of rotatable bonds is 6. The third-order valence-electron chi connectivity index (χ3n) is 4.26. The van der Waals surface area contributed by atoms with Gasteiger partial charge in [0.2, 0.25) is 0 Å². The maximum absolute atomic E-state index is 12.0. The summed E-state index contributed by atoms with van der Waals surface area (Å²) < 4.78 is 0. The zero-order chi connectivity index (χ0) is 13.3. The predicted molar refractivity (Wildman–Crippen MR) is 67.3 cm³/mol. The minimum atomic E-state index is -0.943. The molecule has 5 nitrogen and oxygen atoms in total. The molecular weight excluding hydrogens is 232 g/mol. The molecule has 0 bridgehead atoms. The van der Waals surface area contributed by atoms with Crippen molar-refractivity contribution >= 4 is 12.0 Å². The van der Waals surface area contributed by atoms with E-state index in [1.54, 1.807) is 0 Å². The highest BCUT2D eigenvalue weighted by atomic mass is 16.4. The largest absolute Gasteiger partial charge is 0.480 e. The second-order valence-electron chi connectivity index (χ2n) is 5.93. The molecule has 0 spiro atoms. The highest BCUT2D eigenvalue weighted by molar-refractivity contribution is 5.80. The van der Waals surface area contributed by atoms with E-state index in [1.165, 1.54) is 4.90 Å². The number of carbonyl (C=O) groups is 2. The number of carboxylic acid groups (broad SMARTS) is 1. The Morgan fingerprint density at radius 2 is 2.00 bits per heavy atom. The third kappa shape index (κ3) is 2.94. The average molecular weight is 254 g/mol. The van der Waals surface area contributed by atoms with Crippen LogP contribution in [0.15, 0.2) is 0 Å². The Bertz CT molecular complexity index is 346. The summed E-state index contributed by atoms with van der Waals surface area (Å²) in [6.45, 7) is 4.83. The number of hydrogen-bond donors (Lipinski definition) is 2. The van der Waals surface area contributed by atoms with Gasteiger partial charge in [-0.2, -0.15) is 0 Å². The maximum atomic E-state index is 12.0. The zero-order valence-electron chi connectivity index (χ0n) is 11.1. The van der Waals surface area contributed by atoms with Gasteiger partial charge in [-0.1, -0.05) is 13.8 Å². The number of hydrogen-bond acceptors (Lipinski definition) is 2. The van der Waals surface area contributed by atoms with Crippen LogP contribution in [0.3, 0.4) is 0 Å². The predicted octanol–water partition coefficient (Wildman–Crippen LogP) is 1.68. The van der Waals surface area contributed by atoms with E-state index in [0.29, 0.717) is 12.5 Å². The van der Waals surface area contributed by atoms with Gasteiger partial charge < -0.3 is 15.3 Å². The highest BCUT2D eigenvalue weighted by Gasteiger charge is 2.45. The van der Waals surface area contributed by atoms with Crippen molar-refractivity contribution in [1.29, 1.82) is 0 Å². The minimum Gasteiger partial charge on any atom is -0.480 e. The molecule has 0 aromatic heterocycles. The number of carbonyl (C=O) groups excluding carboxylic acids is 1. The van der Waals surface area contributed by atoms with Gasteiger partial charge in [0.05, 0.1) is 0 Å². The normalized spacial score (nSPS) is 20.6. The quantitative estimate of drug-likeness (QED) is 0.757. The minimum absolute atomic E-state index is 0.135. The van der Waals surface area contributed by atoms with Crippen molar-refractivity contribution in [3.8, 4) is 0 Å². The zero-order valence-corrected chi connectivity index (χ0v) is 11.1. The molecule has 2 fully saturated rings. The van der Waals surface area contributed by atoms with E-state index in [4.69, 9.17) is 5.11 Å². The van der Waals surface area contributed by atoms with Crippen LogP contribution < -0.4 is 5.32 Å². The van der Waals surface area contributed by atoms with Crippen LogP contribution in [0.2, 0.25) is 0 Å². The van der Waals surface area contributed by atoms with Crippen LogP contribution in [-0.4, -0.2) is 41.1 Å². The molecule has 2 aliphatic rings. The van der Waals surface area contributed by atoms with E-state index in [2.05, 4.69) is 19.2 Å². The van der Waals surface area contributed by atoms with Gasteiger partial charge in [0.25, 0.3) is 0 Å². The first-order valence-corrected chi connectivity index (χ1v) is 6.71. The standard InChI is InChI=1S/C13H22N2O3/c1-9(2)13(5-6-13)8-14-12(18)15(7-11(16)17)10-3-4-10/h9-10H,3-8H2,1-2H3,(H,14,18)(H,16,17). The van der Waals surface area contributed by atoms with Crippen molar-refractivity contribution in [2.75, 3.05) is 13.1 Å². The molecule has 0 aromatic rings. The number of carboxylic acids is 1.